The number of methoxy groups -OCH3 is 1. The molecule has 14 heavy (non-hydrogen) atoms. The Balaban J connectivity index is 2.93. The van der Waals surface area contributed by atoms with Crippen molar-refractivity contribution in [2.45, 2.75) is 25.9 Å². The van der Waals surface area contributed by atoms with Gasteiger partial charge >= 0.3 is 5.97 Å². The average molecular weight is 200 g/mol. The topological polar surface area (TPSA) is 55.8 Å². The van der Waals surface area contributed by atoms with Gasteiger partial charge in [-0.1, -0.05) is 6.92 Å². The molecule has 1 atom stereocenters. The van der Waals surface area contributed by atoms with Gasteiger partial charge in [0, 0.05) is 12.7 Å². The molecule has 1 unspecified atom stereocenters. The highest BCUT2D eigenvalue weighted by Crippen LogP contribution is 2.22. The molecular formula is C10H16O4. The van der Waals surface area contributed by atoms with E-state index in [1.54, 1.807) is 7.11 Å². The molecule has 0 aliphatic carbocycles. The molecule has 1 aliphatic rings. The lowest BCUT2D eigenvalue weighted by Crippen LogP contribution is -2.29. The highest BCUT2D eigenvalue weighted by atomic mass is 16.5. The monoisotopic (exact) mass is 200 g/mol. The van der Waals surface area contributed by atoms with E-state index < -0.39 is 5.97 Å². The smallest absolute Gasteiger partial charge is 0.331 e. The zero-order valence-electron chi connectivity index (χ0n) is 8.58. The molecule has 1 saturated heterocycles. The van der Waals surface area contributed by atoms with Crippen LogP contribution in [0.3, 0.4) is 0 Å². The fraction of sp³-hybridized carbons (Fsp3) is 0.700. The van der Waals surface area contributed by atoms with Gasteiger partial charge < -0.3 is 14.6 Å². The van der Waals surface area contributed by atoms with Gasteiger partial charge in [-0.3, -0.25) is 0 Å². The number of rotatable bonds is 3. The van der Waals surface area contributed by atoms with E-state index >= 15 is 0 Å². The molecule has 80 valence electrons. The summed E-state index contributed by atoms with van der Waals surface area (Å²) in [7, 11) is 1.58. The molecule has 0 aromatic rings. The number of hydrogen-bond acceptors (Lipinski definition) is 3. The minimum atomic E-state index is -0.841. The predicted molar refractivity (Wildman–Crippen MR) is 51.2 cm³/mol. The maximum atomic E-state index is 10.9. The largest absolute Gasteiger partial charge is 0.478 e. The second kappa shape index (κ2) is 5.12. The summed E-state index contributed by atoms with van der Waals surface area (Å²) in [6, 6.07) is 0. The van der Waals surface area contributed by atoms with Crippen LogP contribution in [0.25, 0.3) is 0 Å². The van der Waals surface area contributed by atoms with Gasteiger partial charge in [0.1, 0.15) is 6.10 Å². The van der Waals surface area contributed by atoms with Crippen LogP contribution in [-0.4, -0.2) is 37.5 Å². The second-order valence-electron chi connectivity index (χ2n) is 3.21. The maximum Gasteiger partial charge on any atom is 0.331 e. The lowest BCUT2D eigenvalue weighted by molar-refractivity contribution is -0.133. The van der Waals surface area contributed by atoms with Gasteiger partial charge in [-0.25, -0.2) is 4.79 Å². The summed E-state index contributed by atoms with van der Waals surface area (Å²) in [4.78, 5) is 10.9. The van der Waals surface area contributed by atoms with Crippen molar-refractivity contribution in [3.63, 3.8) is 0 Å². The summed E-state index contributed by atoms with van der Waals surface area (Å²) in [6.07, 6.45) is 1.01. The van der Waals surface area contributed by atoms with Crippen molar-refractivity contribution >= 4 is 5.97 Å². The predicted octanol–water partition coefficient (Wildman–Crippen LogP) is 1.21. The molecule has 4 nitrogen and oxygen atoms in total. The Kier molecular flexibility index (Phi) is 4.10. The van der Waals surface area contributed by atoms with Crippen molar-refractivity contribution in [2.75, 3.05) is 20.3 Å². The number of carbonyl (C=O) groups is 1. The Morgan fingerprint density at radius 3 is 2.93 bits per heavy atom. The van der Waals surface area contributed by atoms with Crippen molar-refractivity contribution in [2.24, 2.45) is 0 Å². The van der Waals surface area contributed by atoms with E-state index in [-0.39, 0.29) is 6.10 Å². The van der Waals surface area contributed by atoms with Gasteiger partial charge in [-0.15, -0.1) is 0 Å². The van der Waals surface area contributed by atoms with Crippen LogP contribution in [0.2, 0.25) is 0 Å². The van der Waals surface area contributed by atoms with Gasteiger partial charge in [0.05, 0.1) is 13.2 Å². The Morgan fingerprint density at radius 1 is 1.71 bits per heavy atom. The summed E-state index contributed by atoms with van der Waals surface area (Å²) in [5.41, 5.74) is 1.36. The lowest BCUT2D eigenvalue weighted by Gasteiger charge is -2.26. The standard InChI is InChI=1S/C10H16O4/c1-3-7(10(11)12)8-4-5-14-6-9(8)13-2/h9H,3-6H2,1-2H3,(H,11,12)/b8-7-. The first-order valence-corrected chi connectivity index (χ1v) is 4.76. The van der Waals surface area contributed by atoms with Crippen molar-refractivity contribution in [1.82, 2.24) is 0 Å². The summed E-state index contributed by atoms with van der Waals surface area (Å²) >= 11 is 0. The normalized spacial score (nSPS) is 26.0. The molecule has 0 spiro atoms. The molecule has 0 saturated carbocycles. The quantitative estimate of drug-likeness (QED) is 0.696. The van der Waals surface area contributed by atoms with Crippen LogP contribution >= 0.6 is 0 Å². The minimum absolute atomic E-state index is 0.185. The molecule has 1 aliphatic heterocycles. The highest BCUT2D eigenvalue weighted by Gasteiger charge is 2.24. The van der Waals surface area contributed by atoms with Crippen LogP contribution in [0.5, 0.6) is 0 Å². The first-order valence-electron chi connectivity index (χ1n) is 4.76. The van der Waals surface area contributed by atoms with Crippen LogP contribution in [0.4, 0.5) is 0 Å². The molecule has 0 amide bonds. The highest BCUT2D eigenvalue weighted by molar-refractivity contribution is 5.87. The zero-order chi connectivity index (χ0) is 10.6. The maximum absolute atomic E-state index is 10.9. The Labute approximate surface area is 83.5 Å². The van der Waals surface area contributed by atoms with E-state index in [9.17, 15) is 4.79 Å². The van der Waals surface area contributed by atoms with Crippen LogP contribution in [-0.2, 0) is 14.3 Å². The van der Waals surface area contributed by atoms with E-state index in [2.05, 4.69) is 0 Å². The van der Waals surface area contributed by atoms with E-state index in [0.29, 0.717) is 31.6 Å². The van der Waals surface area contributed by atoms with E-state index in [1.807, 2.05) is 6.92 Å². The molecule has 0 bridgehead atoms. The SMILES string of the molecule is CC/C(C(=O)O)=C1\CCOCC1OC. The van der Waals surface area contributed by atoms with Crippen LogP contribution < -0.4 is 0 Å². The second-order valence-corrected chi connectivity index (χ2v) is 3.21. The van der Waals surface area contributed by atoms with E-state index in [1.165, 1.54) is 0 Å². The van der Waals surface area contributed by atoms with Gasteiger partial charge in [0.2, 0.25) is 0 Å². The van der Waals surface area contributed by atoms with Gasteiger partial charge in [-0.05, 0) is 18.4 Å². The van der Waals surface area contributed by atoms with Gasteiger partial charge in [0.15, 0.2) is 0 Å². The van der Waals surface area contributed by atoms with Gasteiger partial charge in [-0.2, -0.15) is 0 Å². The molecule has 0 radical (unpaired) electrons. The number of carboxylic acid groups (broad SMARTS) is 1. The van der Waals surface area contributed by atoms with Crippen molar-refractivity contribution in [3.05, 3.63) is 11.1 Å². The summed E-state index contributed by atoms with van der Waals surface area (Å²) in [6.45, 7) is 2.90. The third-order valence-corrected chi connectivity index (χ3v) is 2.46. The first-order chi connectivity index (χ1) is 6.70. The molecule has 0 aromatic heterocycles. The molecular weight excluding hydrogens is 184 g/mol. The third-order valence-electron chi connectivity index (χ3n) is 2.46. The van der Waals surface area contributed by atoms with Crippen molar-refractivity contribution < 1.29 is 19.4 Å². The number of carboxylic acids is 1. The minimum Gasteiger partial charge on any atom is -0.478 e. The van der Waals surface area contributed by atoms with Gasteiger partial charge in [0.25, 0.3) is 0 Å². The summed E-state index contributed by atoms with van der Waals surface area (Å²) in [5, 5.41) is 8.98. The Morgan fingerprint density at radius 2 is 2.43 bits per heavy atom. The average Bonchev–Trinajstić information content (AvgIpc) is 2.19. The fourth-order valence-corrected chi connectivity index (χ4v) is 1.71. The van der Waals surface area contributed by atoms with E-state index in [4.69, 9.17) is 14.6 Å². The summed E-state index contributed by atoms with van der Waals surface area (Å²) in [5.74, 6) is -0.841. The third kappa shape index (κ3) is 2.33. The first kappa shape index (κ1) is 11.2. The van der Waals surface area contributed by atoms with Crippen molar-refractivity contribution in [1.29, 1.82) is 0 Å². The molecule has 1 heterocycles. The fourth-order valence-electron chi connectivity index (χ4n) is 1.71. The summed E-state index contributed by atoms with van der Waals surface area (Å²) < 4.78 is 10.4. The lowest BCUT2D eigenvalue weighted by atomic mass is 9.96. The van der Waals surface area contributed by atoms with Crippen LogP contribution in [0, 0.1) is 0 Å². The molecule has 0 aromatic carbocycles. The molecule has 1 N–H and O–H groups in total. The number of ether oxygens (including phenoxy) is 2. The Bertz CT molecular complexity index is 245. The molecule has 1 rings (SSSR count). The number of hydrogen-bond donors (Lipinski definition) is 1. The van der Waals surface area contributed by atoms with E-state index in [0.717, 1.165) is 5.57 Å². The van der Waals surface area contributed by atoms with Crippen molar-refractivity contribution in [3.8, 4) is 0 Å². The zero-order valence-corrected chi connectivity index (χ0v) is 8.58. The Hall–Kier alpha value is -0.870. The molecule has 4 heteroatoms. The number of aliphatic carboxylic acids is 1. The van der Waals surface area contributed by atoms with Crippen LogP contribution in [0.1, 0.15) is 19.8 Å². The molecule has 1 fully saturated rings. The van der Waals surface area contributed by atoms with Crippen LogP contribution in [0.15, 0.2) is 11.1 Å².